The molecule has 19 heavy (non-hydrogen) atoms. The van der Waals surface area contributed by atoms with E-state index in [0.29, 0.717) is 12.0 Å². The molecule has 1 aromatic carbocycles. The van der Waals surface area contributed by atoms with E-state index in [1.54, 1.807) is 5.56 Å². The Labute approximate surface area is 116 Å². The normalized spacial score (nSPS) is 25.2. The third kappa shape index (κ3) is 2.70. The summed E-state index contributed by atoms with van der Waals surface area (Å²) in [6.45, 7) is 5.07. The molecule has 1 aromatic rings. The molecule has 2 fully saturated rings. The van der Waals surface area contributed by atoms with Gasteiger partial charge in [0.05, 0.1) is 6.61 Å². The molecule has 0 amide bonds. The summed E-state index contributed by atoms with van der Waals surface area (Å²) in [5.41, 5.74) is 3.12. The number of benzene rings is 1. The summed E-state index contributed by atoms with van der Waals surface area (Å²) in [5.74, 6) is 1.45. The SMILES string of the molecule is CCNC(c1ccccc1C1CCC1)C1CCOC1. The van der Waals surface area contributed by atoms with Gasteiger partial charge in [-0.3, -0.25) is 0 Å². The number of rotatable bonds is 5. The van der Waals surface area contributed by atoms with Crippen LogP contribution in [0.4, 0.5) is 0 Å². The van der Waals surface area contributed by atoms with Gasteiger partial charge in [0, 0.05) is 18.6 Å². The van der Waals surface area contributed by atoms with Gasteiger partial charge in [-0.25, -0.2) is 0 Å². The number of hydrogen-bond acceptors (Lipinski definition) is 2. The highest BCUT2D eigenvalue weighted by Gasteiger charge is 2.30. The molecule has 2 heteroatoms. The maximum Gasteiger partial charge on any atom is 0.0513 e. The molecule has 2 aliphatic rings. The second kappa shape index (κ2) is 6.06. The first-order chi connectivity index (χ1) is 9.40. The highest BCUT2D eigenvalue weighted by molar-refractivity contribution is 5.34. The highest BCUT2D eigenvalue weighted by Crippen LogP contribution is 2.41. The van der Waals surface area contributed by atoms with Gasteiger partial charge in [0.15, 0.2) is 0 Å². The minimum absolute atomic E-state index is 0.476. The van der Waals surface area contributed by atoms with Gasteiger partial charge in [0.1, 0.15) is 0 Å². The molecule has 1 aliphatic heterocycles. The van der Waals surface area contributed by atoms with Crippen molar-refractivity contribution in [3.8, 4) is 0 Å². The van der Waals surface area contributed by atoms with Crippen LogP contribution in [0.25, 0.3) is 0 Å². The van der Waals surface area contributed by atoms with Crippen LogP contribution < -0.4 is 5.32 Å². The monoisotopic (exact) mass is 259 g/mol. The molecular weight excluding hydrogens is 234 g/mol. The lowest BCUT2D eigenvalue weighted by Gasteiger charge is -2.32. The minimum Gasteiger partial charge on any atom is -0.381 e. The van der Waals surface area contributed by atoms with Crippen molar-refractivity contribution in [1.82, 2.24) is 5.32 Å². The van der Waals surface area contributed by atoms with E-state index in [9.17, 15) is 0 Å². The van der Waals surface area contributed by atoms with Crippen LogP contribution in [0.5, 0.6) is 0 Å². The molecule has 1 heterocycles. The fourth-order valence-electron chi connectivity index (χ4n) is 3.45. The summed E-state index contributed by atoms with van der Waals surface area (Å²) in [6.07, 6.45) is 5.34. The van der Waals surface area contributed by atoms with Gasteiger partial charge in [-0.1, -0.05) is 37.6 Å². The largest absolute Gasteiger partial charge is 0.381 e. The fourth-order valence-corrected chi connectivity index (χ4v) is 3.45. The summed E-state index contributed by atoms with van der Waals surface area (Å²) in [7, 11) is 0. The number of hydrogen-bond donors (Lipinski definition) is 1. The van der Waals surface area contributed by atoms with Gasteiger partial charge in [-0.05, 0) is 42.9 Å². The summed E-state index contributed by atoms with van der Waals surface area (Å²) in [5, 5.41) is 3.70. The maximum atomic E-state index is 5.61. The molecule has 0 radical (unpaired) electrons. The van der Waals surface area contributed by atoms with E-state index in [2.05, 4.69) is 36.5 Å². The lowest BCUT2D eigenvalue weighted by atomic mass is 9.75. The fraction of sp³-hybridized carbons (Fsp3) is 0.647. The van der Waals surface area contributed by atoms with E-state index < -0.39 is 0 Å². The molecule has 1 saturated heterocycles. The topological polar surface area (TPSA) is 21.3 Å². The molecule has 2 nitrogen and oxygen atoms in total. The van der Waals surface area contributed by atoms with Crippen LogP contribution in [0.3, 0.4) is 0 Å². The predicted molar refractivity (Wildman–Crippen MR) is 78.4 cm³/mol. The zero-order chi connectivity index (χ0) is 13.1. The average molecular weight is 259 g/mol. The molecule has 2 atom stereocenters. The predicted octanol–water partition coefficient (Wildman–Crippen LogP) is 3.64. The Morgan fingerprint density at radius 3 is 2.74 bits per heavy atom. The average Bonchev–Trinajstić information content (AvgIpc) is 2.88. The van der Waals surface area contributed by atoms with Crippen molar-refractivity contribution in [2.45, 2.75) is 44.6 Å². The van der Waals surface area contributed by atoms with Gasteiger partial charge in [0.25, 0.3) is 0 Å². The van der Waals surface area contributed by atoms with Crippen molar-refractivity contribution < 1.29 is 4.74 Å². The first kappa shape index (κ1) is 13.1. The standard InChI is InChI=1S/C17H25NO/c1-2-18-17(14-10-11-19-12-14)16-9-4-3-8-15(16)13-6-5-7-13/h3-4,8-9,13-14,17-18H,2,5-7,10-12H2,1H3. The van der Waals surface area contributed by atoms with Crippen LogP contribution in [0.15, 0.2) is 24.3 Å². The Balaban J connectivity index is 1.87. The lowest BCUT2D eigenvalue weighted by molar-refractivity contribution is 0.176. The van der Waals surface area contributed by atoms with E-state index in [1.165, 1.54) is 31.2 Å². The van der Waals surface area contributed by atoms with Gasteiger partial charge in [0.2, 0.25) is 0 Å². The molecule has 1 aliphatic carbocycles. The van der Waals surface area contributed by atoms with Gasteiger partial charge in [-0.2, -0.15) is 0 Å². The zero-order valence-electron chi connectivity index (χ0n) is 11.9. The summed E-state index contributed by atoms with van der Waals surface area (Å²) in [6, 6.07) is 9.55. The van der Waals surface area contributed by atoms with Crippen LogP contribution in [0.1, 0.15) is 55.7 Å². The Morgan fingerprint density at radius 2 is 2.11 bits per heavy atom. The quantitative estimate of drug-likeness (QED) is 0.871. The maximum absolute atomic E-state index is 5.61. The smallest absolute Gasteiger partial charge is 0.0513 e. The summed E-state index contributed by atoms with van der Waals surface area (Å²) < 4.78 is 5.61. The first-order valence-corrected chi connectivity index (χ1v) is 7.80. The Bertz CT molecular complexity index is 407. The number of ether oxygens (including phenoxy) is 1. The van der Waals surface area contributed by atoms with Crippen LogP contribution >= 0.6 is 0 Å². The number of nitrogens with one attached hydrogen (secondary N) is 1. The lowest BCUT2D eigenvalue weighted by Crippen LogP contribution is -2.30. The molecule has 3 rings (SSSR count). The van der Waals surface area contributed by atoms with Crippen LogP contribution in [0, 0.1) is 5.92 Å². The van der Waals surface area contributed by atoms with Crippen LogP contribution in [-0.2, 0) is 4.74 Å². The molecule has 104 valence electrons. The van der Waals surface area contributed by atoms with Crippen molar-refractivity contribution in [2.75, 3.05) is 19.8 Å². The summed E-state index contributed by atoms with van der Waals surface area (Å²) in [4.78, 5) is 0. The molecule has 0 bridgehead atoms. The summed E-state index contributed by atoms with van der Waals surface area (Å²) >= 11 is 0. The molecule has 0 aromatic heterocycles. The van der Waals surface area contributed by atoms with Crippen molar-refractivity contribution in [3.63, 3.8) is 0 Å². The van der Waals surface area contributed by atoms with Crippen LogP contribution in [0.2, 0.25) is 0 Å². The van der Waals surface area contributed by atoms with E-state index >= 15 is 0 Å². The molecule has 0 spiro atoms. The van der Waals surface area contributed by atoms with Crippen molar-refractivity contribution in [3.05, 3.63) is 35.4 Å². The highest BCUT2D eigenvalue weighted by atomic mass is 16.5. The third-order valence-electron chi connectivity index (χ3n) is 4.74. The first-order valence-electron chi connectivity index (χ1n) is 7.80. The Hall–Kier alpha value is -0.860. The zero-order valence-corrected chi connectivity index (χ0v) is 11.9. The second-order valence-electron chi connectivity index (χ2n) is 5.92. The van der Waals surface area contributed by atoms with Gasteiger partial charge in [-0.15, -0.1) is 0 Å². The molecule has 1 N–H and O–H groups in total. The van der Waals surface area contributed by atoms with Gasteiger partial charge >= 0.3 is 0 Å². The van der Waals surface area contributed by atoms with E-state index in [0.717, 1.165) is 25.7 Å². The molecule has 2 unspecified atom stereocenters. The second-order valence-corrected chi connectivity index (χ2v) is 5.92. The van der Waals surface area contributed by atoms with E-state index in [4.69, 9.17) is 4.74 Å². The van der Waals surface area contributed by atoms with Crippen molar-refractivity contribution >= 4 is 0 Å². The van der Waals surface area contributed by atoms with E-state index in [-0.39, 0.29) is 0 Å². The van der Waals surface area contributed by atoms with Crippen molar-refractivity contribution in [1.29, 1.82) is 0 Å². The van der Waals surface area contributed by atoms with Gasteiger partial charge < -0.3 is 10.1 Å². The van der Waals surface area contributed by atoms with Crippen molar-refractivity contribution in [2.24, 2.45) is 5.92 Å². The molecule has 1 saturated carbocycles. The Morgan fingerprint density at radius 1 is 1.26 bits per heavy atom. The minimum atomic E-state index is 0.476. The Kier molecular flexibility index (Phi) is 4.19. The van der Waals surface area contributed by atoms with E-state index in [1.807, 2.05) is 0 Å². The van der Waals surface area contributed by atoms with Crippen LogP contribution in [-0.4, -0.2) is 19.8 Å². The molecular formula is C17H25NO. The third-order valence-corrected chi connectivity index (χ3v) is 4.74.